The molecule has 7 heteroatoms. The summed E-state index contributed by atoms with van der Waals surface area (Å²) in [6.45, 7) is 2.82. The number of rotatable bonds is 10. The molecule has 0 bridgehead atoms. The Balaban J connectivity index is 1.56. The second-order valence-corrected chi connectivity index (χ2v) is 8.71. The fourth-order valence-electron chi connectivity index (χ4n) is 3.10. The molecule has 0 aromatic heterocycles. The van der Waals surface area contributed by atoms with Gasteiger partial charge in [0.2, 0.25) is 0 Å². The van der Waals surface area contributed by atoms with Crippen molar-refractivity contribution in [1.82, 2.24) is 0 Å². The van der Waals surface area contributed by atoms with Crippen molar-refractivity contribution in [2.75, 3.05) is 6.61 Å². The molecule has 0 heterocycles. The first kappa shape index (κ1) is 23.5. The van der Waals surface area contributed by atoms with Gasteiger partial charge in [0.25, 0.3) is 0 Å². The molecule has 0 spiro atoms. The summed E-state index contributed by atoms with van der Waals surface area (Å²) in [5.41, 5.74) is 1.95. The highest BCUT2D eigenvalue weighted by Gasteiger charge is 2.09. The van der Waals surface area contributed by atoms with E-state index in [-0.39, 0.29) is 4.90 Å². The number of hydrogen-bond donors (Lipinski definition) is 0. The van der Waals surface area contributed by atoms with E-state index in [0.717, 1.165) is 29.7 Å². The number of esters is 1. The van der Waals surface area contributed by atoms with Gasteiger partial charge in [0.1, 0.15) is 21.6 Å². The van der Waals surface area contributed by atoms with Gasteiger partial charge < -0.3 is 14.0 Å². The van der Waals surface area contributed by atoms with Crippen LogP contribution in [0.4, 0.5) is 0 Å². The fraction of sp³-hybridized carbons (Fsp3) is 0.240. The molecule has 0 saturated carbocycles. The minimum Gasteiger partial charge on any atom is -0.744 e. The van der Waals surface area contributed by atoms with Crippen molar-refractivity contribution in [1.29, 1.82) is 0 Å². The van der Waals surface area contributed by atoms with Crippen molar-refractivity contribution in [3.05, 3.63) is 78.4 Å². The molecule has 0 atom stereocenters. The Morgan fingerprint density at radius 1 is 0.781 bits per heavy atom. The third kappa shape index (κ3) is 6.67. The second kappa shape index (κ2) is 10.9. The van der Waals surface area contributed by atoms with Crippen molar-refractivity contribution in [2.24, 2.45) is 0 Å². The van der Waals surface area contributed by atoms with Crippen LogP contribution in [0.3, 0.4) is 0 Å². The Morgan fingerprint density at radius 3 is 1.91 bits per heavy atom. The molecular weight excluding hydrogens is 428 g/mol. The van der Waals surface area contributed by atoms with Gasteiger partial charge in [-0.05, 0) is 66.1 Å². The van der Waals surface area contributed by atoms with E-state index >= 15 is 0 Å². The highest BCUT2D eigenvalue weighted by molar-refractivity contribution is 7.85. The molecule has 168 valence electrons. The summed E-state index contributed by atoms with van der Waals surface area (Å²) < 4.78 is 44.2. The molecule has 32 heavy (non-hydrogen) atoms. The summed E-state index contributed by atoms with van der Waals surface area (Å²) in [6, 6.07) is 19.3. The summed E-state index contributed by atoms with van der Waals surface area (Å²) in [7, 11) is -4.47. The normalized spacial score (nSPS) is 11.2. The van der Waals surface area contributed by atoms with Crippen LogP contribution in [0.15, 0.2) is 77.7 Å². The molecule has 3 aromatic rings. The van der Waals surface area contributed by atoms with Gasteiger partial charge in [0, 0.05) is 0 Å². The van der Waals surface area contributed by atoms with Crippen LogP contribution in [-0.4, -0.2) is 25.5 Å². The number of carbonyl (C=O) groups excluding carboxylic acids is 1. The standard InChI is InChI=1S/C25H26O6S/c1-2-3-4-5-18-30-22-12-8-21(9-13-22)25(26)31-23-14-6-19(7-15-23)20-10-16-24(17-11-20)32(27,28)29/h6-17H,2-5,18H2,1H3,(H,27,28,29)/p-1. The number of unbranched alkanes of at least 4 members (excludes halogenated alkanes) is 3. The minimum absolute atomic E-state index is 0.278. The van der Waals surface area contributed by atoms with E-state index < -0.39 is 16.1 Å². The third-order valence-corrected chi connectivity index (χ3v) is 5.75. The summed E-state index contributed by atoms with van der Waals surface area (Å²) in [5, 5.41) is 0. The quantitative estimate of drug-likeness (QED) is 0.176. The van der Waals surface area contributed by atoms with Gasteiger partial charge in [-0.3, -0.25) is 0 Å². The average Bonchev–Trinajstić information content (AvgIpc) is 2.79. The molecule has 3 aromatic carbocycles. The van der Waals surface area contributed by atoms with Crippen molar-refractivity contribution in [3.63, 3.8) is 0 Å². The highest BCUT2D eigenvalue weighted by atomic mass is 32.2. The maximum Gasteiger partial charge on any atom is 0.343 e. The van der Waals surface area contributed by atoms with Gasteiger partial charge in [0.15, 0.2) is 0 Å². The lowest BCUT2D eigenvalue weighted by Crippen LogP contribution is -2.08. The molecule has 0 fully saturated rings. The van der Waals surface area contributed by atoms with Crippen LogP contribution in [-0.2, 0) is 10.1 Å². The Bertz CT molecular complexity index is 1120. The SMILES string of the molecule is CCCCCCOc1ccc(C(=O)Oc2ccc(-c3ccc(S(=O)(=O)[O-])cc3)cc2)cc1. The first-order chi connectivity index (χ1) is 15.4. The minimum atomic E-state index is -4.47. The van der Waals surface area contributed by atoms with Crippen LogP contribution in [0.25, 0.3) is 11.1 Å². The van der Waals surface area contributed by atoms with Crippen molar-refractivity contribution in [3.8, 4) is 22.6 Å². The third-order valence-electron chi connectivity index (χ3n) is 4.90. The first-order valence-electron chi connectivity index (χ1n) is 10.5. The zero-order valence-corrected chi connectivity index (χ0v) is 18.6. The number of carbonyl (C=O) groups is 1. The van der Waals surface area contributed by atoms with Crippen LogP contribution in [0, 0.1) is 0 Å². The average molecular weight is 454 g/mol. The molecule has 0 amide bonds. The number of hydrogen-bond acceptors (Lipinski definition) is 6. The summed E-state index contributed by atoms with van der Waals surface area (Å²) in [6.07, 6.45) is 4.54. The van der Waals surface area contributed by atoms with Crippen molar-refractivity contribution in [2.45, 2.75) is 37.5 Å². The van der Waals surface area contributed by atoms with E-state index in [1.54, 1.807) is 60.7 Å². The largest absolute Gasteiger partial charge is 0.744 e. The van der Waals surface area contributed by atoms with E-state index in [1.165, 1.54) is 25.0 Å². The zero-order valence-electron chi connectivity index (χ0n) is 17.8. The van der Waals surface area contributed by atoms with Crippen LogP contribution in [0.5, 0.6) is 11.5 Å². The Hall–Kier alpha value is -3.16. The van der Waals surface area contributed by atoms with E-state index in [4.69, 9.17) is 9.47 Å². The Labute approximate surface area is 188 Å². The summed E-state index contributed by atoms with van der Waals surface area (Å²) in [5.74, 6) is 0.629. The lowest BCUT2D eigenvalue weighted by molar-refractivity contribution is 0.0734. The fourth-order valence-corrected chi connectivity index (χ4v) is 3.57. The molecule has 0 aliphatic carbocycles. The number of ether oxygens (including phenoxy) is 2. The van der Waals surface area contributed by atoms with E-state index in [2.05, 4.69) is 6.92 Å². The van der Waals surface area contributed by atoms with E-state index in [9.17, 15) is 17.8 Å². The first-order valence-corrected chi connectivity index (χ1v) is 11.9. The zero-order chi connectivity index (χ0) is 23.0. The molecule has 0 radical (unpaired) electrons. The number of benzene rings is 3. The van der Waals surface area contributed by atoms with E-state index in [0.29, 0.717) is 17.9 Å². The van der Waals surface area contributed by atoms with Crippen LogP contribution < -0.4 is 9.47 Å². The maximum atomic E-state index is 12.4. The van der Waals surface area contributed by atoms with Gasteiger partial charge in [-0.25, -0.2) is 13.2 Å². The Kier molecular flexibility index (Phi) is 8.03. The van der Waals surface area contributed by atoms with Gasteiger partial charge in [-0.15, -0.1) is 0 Å². The predicted molar refractivity (Wildman–Crippen MR) is 121 cm³/mol. The molecule has 0 unspecified atom stereocenters. The molecule has 0 saturated heterocycles. The van der Waals surface area contributed by atoms with Crippen molar-refractivity contribution < 1.29 is 27.2 Å². The molecule has 3 rings (SSSR count). The predicted octanol–water partition coefficient (Wildman–Crippen LogP) is 5.44. The maximum absolute atomic E-state index is 12.4. The monoisotopic (exact) mass is 453 g/mol. The second-order valence-electron chi connectivity index (χ2n) is 7.33. The molecule has 0 aliphatic heterocycles. The van der Waals surface area contributed by atoms with Crippen molar-refractivity contribution >= 4 is 16.1 Å². The van der Waals surface area contributed by atoms with E-state index in [1.807, 2.05) is 0 Å². The lowest BCUT2D eigenvalue weighted by atomic mass is 10.1. The van der Waals surface area contributed by atoms with Crippen LogP contribution in [0.2, 0.25) is 0 Å². The van der Waals surface area contributed by atoms with Crippen LogP contribution >= 0.6 is 0 Å². The van der Waals surface area contributed by atoms with Gasteiger partial charge in [-0.1, -0.05) is 50.5 Å². The highest BCUT2D eigenvalue weighted by Crippen LogP contribution is 2.24. The summed E-state index contributed by atoms with van der Waals surface area (Å²) >= 11 is 0. The lowest BCUT2D eigenvalue weighted by Gasteiger charge is -2.09. The summed E-state index contributed by atoms with van der Waals surface area (Å²) in [4.78, 5) is 12.1. The Morgan fingerprint density at radius 2 is 1.34 bits per heavy atom. The molecule has 6 nitrogen and oxygen atoms in total. The smallest absolute Gasteiger partial charge is 0.343 e. The van der Waals surface area contributed by atoms with Gasteiger partial charge in [0.05, 0.1) is 17.1 Å². The van der Waals surface area contributed by atoms with Gasteiger partial charge in [-0.2, -0.15) is 0 Å². The molecular formula is C25H25O6S-. The molecule has 0 aliphatic rings. The topological polar surface area (TPSA) is 92.7 Å². The van der Waals surface area contributed by atoms with Crippen LogP contribution in [0.1, 0.15) is 43.0 Å². The van der Waals surface area contributed by atoms with Gasteiger partial charge >= 0.3 is 5.97 Å². The molecule has 0 N–H and O–H groups in total.